The smallest absolute Gasteiger partial charge is 0.345 e. The minimum absolute atomic E-state index is 0.224. The molecule has 0 spiro atoms. The number of fused-ring (bicyclic) bond motifs is 2. The number of nitrogens with one attached hydrogen (secondary N) is 2. The van der Waals surface area contributed by atoms with E-state index < -0.39 is 0 Å². The van der Waals surface area contributed by atoms with Gasteiger partial charge in [-0.05, 0) is 49.7 Å². The average Bonchev–Trinajstić information content (AvgIpc) is 2.73. The van der Waals surface area contributed by atoms with Crippen LogP contribution < -0.4 is 5.32 Å². The summed E-state index contributed by atoms with van der Waals surface area (Å²) in [5.74, 6) is 1.78. The third-order valence-electron chi connectivity index (χ3n) is 5.69. The lowest BCUT2D eigenvalue weighted by Gasteiger charge is -2.36. The van der Waals surface area contributed by atoms with Crippen molar-refractivity contribution in [3.05, 3.63) is 47.9 Å². The Bertz CT molecular complexity index is 805. The molecule has 2 aromatic rings. The van der Waals surface area contributed by atoms with Crippen LogP contribution in [0.1, 0.15) is 36.0 Å². The van der Waals surface area contributed by atoms with Crippen molar-refractivity contribution in [1.29, 1.82) is 0 Å². The maximum absolute atomic E-state index is 12.7. The number of esters is 1. The summed E-state index contributed by atoms with van der Waals surface area (Å²) in [5, 5.41) is 4.61. The summed E-state index contributed by atoms with van der Waals surface area (Å²) in [7, 11) is 0. The monoisotopic (exact) mass is 308 g/mol. The molecule has 0 amide bonds. The van der Waals surface area contributed by atoms with Gasteiger partial charge in [0, 0.05) is 23.1 Å². The van der Waals surface area contributed by atoms with Crippen LogP contribution in [-0.4, -0.2) is 23.0 Å². The molecule has 1 aromatic carbocycles. The van der Waals surface area contributed by atoms with Crippen LogP contribution in [0.4, 0.5) is 0 Å². The number of carbonyl (C=O) groups excluding carboxylic acids is 1. The zero-order valence-electron chi connectivity index (χ0n) is 12.9. The fourth-order valence-corrected chi connectivity index (χ4v) is 4.63. The maximum atomic E-state index is 12.7. The van der Waals surface area contributed by atoms with Gasteiger partial charge in [-0.15, -0.1) is 0 Å². The van der Waals surface area contributed by atoms with Crippen molar-refractivity contribution in [2.75, 3.05) is 0 Å². The number of hydrogen-bond donors (Lipinski definition) is 2. The second-order valence-electron chi connectivity index (χ2n) is 7.12. The first-order chi connectivity index (χ1) is 11.3. The second-order valence-corrected chi connectivity index (χ2v) is 7.12. The lowest BCUT2D eigenvalue weighted by molar-refractivity contribution is 0.0559. The van der Waals surface area contributed by atoms with Crippen LogP contribution in [0.2, 0.25) is 0 Å². The van der Waals surface area contributed by atoms with Crippen molar-refractivity contribution in [3.8, 4) is 0 Å². The lowest BCUT2D eigenvalue weighted by Crippen LogP contribution is -2.47. The Morgan fingerprint density at radius 3 is 3.04 bits per heavy atom. The van der Waals surface area contributed by atoms with Gasteiger partial charge in [0.25, 0.3) is 0 Å². The van der Waals surface area contributed by atoms with Gasteiger partial charge in [-0.25, -0.2) is 4.79 Å². The molecule has 4 atom stereocenters. The molecule has 4 nitrogen and oxygen atoms in total. The van der Waals surface area contributed by atoms with E-state index in [-0.39, 0.29) is 12.0 Å². The van der Waals surface area contributed by atoms with E-state index >= 15 is 0 Å². The Morgan fingerprint density at radius 1 is 1.17 bits per heavy atom. The van der Waals surface area contributed by atoms with Crippen molar-refractivity contribution in [1.82, 2.24) is 10.3 Å². The lowest BCUT2D eigenvalue weighted by atomic mass is 9.81. The molecule has 2 aliphatic carbocycles. The first kappa shape index (κ1) is 13.4. The van der Waals surface area contributed by atoms with Crippen LogP contribution in [0, 0.1) is 11.8 Å². The van der Waals surface area contributed by atoms with E-state index in [1.807, 2.05) is 24.3 Å². The molecular formula is C19H20N2O2. The summed E-state index contributed by atoms with van der Waals surface area (Å²) < 4.78 is 5.85. The van der Waals surface area contributed by atoms with Gasteiger partial charge in [-0.3, -0.25) is 0 Å². The molecule has 2 N–H and O–H groups in total. The topological polar surface area (TPSA) is 54.1 Å². The van der Waals surface area contributed by atoms with Crippen molar-refractivity contribution in [2.45, 2.75) is 37.8 Å². The summed E-state index contributed by atoms with van der Waals surface area (Å²) in [6, 6.07) is 8.64. The molecule has 1 saturated carbocycles. The summed E-state index contributed by atoms with van der Waals surface area (Å²) in [4.78, 5) is 15.8. The van der Waals surface area contributed by atoms with E-state index in [1.165, 1.54) is 25.7 Å². The maximum Gasteiger partial charge on any atom is 0.345 e. The number of piperidine rings is 1. The molecule has 3 fully saturated rings. The minimum Gasteiger partial charge on any atom is -0.426 e. The van der Waals surface area contributed by atoms with Crippen LogP contribution >= 0.6 is 0 Å². The molecular weight excluding hydrogens is 288 g/mol. The highest BCUT2D eigenvalue weighted by molar-refractivity contribution is 6.04. The predicted molar refractivity (Wildman–Crippen MR) is 88.0 cm³/mol. The molecule has 1 aromatic heterocycles. The fraction of sp³-hybridized carbons (Fsp3) is 0.421. The highest BCUT2D eigenvalue weighted by atomic mass is 16.5. The molecule has 3 aliphatic heterocycles. The van der Waals surface area contributed by atoms with Crippen molar-refractivity contribution in [3.63, 3.8) is 0 Å². The van der Waals surface area contributed by atoms with Crippen LogP contribution in [0.25, 0.3) is 10.9 Å². The van der Waals surface area contributed by atoms with Crippen molar-refractivity contribution in [2.24, 2.45) is 11.8 Å². The molecule has 7 rings (SSSR count). The molecule has 4 bridgehead atoms. The molecule has 118 valence electrons. The van der Waals surface area contributed by atoms with Crippen LogP contribution in [-0.2, 0) is 4.74 Å². The fourth-order valence-electron chi connectivity index (χ4n) is 4.63. The van der Waals surface area contributed by atoms with E-state index in [4.69, 9.17) is 4.74 Å². The number of rotatable bonds is 2. The Labute approximate surface area is 134 Å². The number of allylic oxidation sites excluding steroid dienone is 1. The van der Waals surface area contributed by atoms with E-state index in [0.717, 1.165) is 16.7 Å². The van der Waals surface area contributed by atoms with E-state index in [9.17, 15) is 4.79 Å². The van der Waals surface area contributed by atoms with E-state index in [1.54, 1.807) is 6.20 Å². The molecule has 0 radical (unpaired) electrons. The van der Waals surface area contributed by atoms with Gasteiger partial charge in [0.2, 0.25) is 0 Å². The summed E-state index contributed by atoms with van der Waals surface area (Å²) >= 11 is 0. The Hall–Kier alpha value is -2.07. The number of H-pyrrole nitrogens is 1. The third-order valence-corrected chi connectivity index (χ3v) is 5.69. The van der Waals surface area contributed by atoms with E-state index in [0.29, 0.717) is 23.4 Å². The average molecular weight is 308 g/mol. The molecule has 2 unspecified atom stereocenters. The highest BCUT2D eigenvalue weighted by Crippen LogP contribution is 2.42. The second kappa shape index (κ2) is 4.96. The zero-order valence-corrected chi connectivity index (χ0v) is 12.9. The quantitative estimate of drug-likeness (QED) is 0.836. The third kappa shape index (κ3) is 2.12. The van der Waals surface area contributed by atoms with Gasteiger partial charge in [0.05, 0.1) is 11.6 Å². The Kier molecular flexibility index (Phi) is 2.89. The normalized spacial score (nSPS) is 31.9. The number of para-hydroxylation sites is 1. The highest BCUT2D eigenvalue weighted by Gasteiger charge is 2.43. The van der Waals surface area contributed by atoms with Gasteiger partial charge in [-0.1, -0.05) is 18.2 Å². The summed E-state index contributed by atoms with van der Waals surface area (Å²) in [5.41, 5.74) is 1.58. The van der Waals surface area contributed by atoms with Gasteiger partial charge >= 0.3 is 5.97 Å². The number of benzene rings is 1. The number of carbonyl (C=O) groups is 1. The molecule has 2 saturated heterocycles. The number of aromatic amines is 1. The van der Waals surface area contributed by atoms with Crippen molar-refractivity contribution < 1.29 is 9.53 Å². The van der Waals surface area contributed by atoms with Gasteiger partial charge in [0.1, 0.15) is 5.76 Å². The van der Waals surface area contributed by atoms with Gasteiger partial charge in [-0.2, -0.15) is 0 Å². The van der Waals surface area contributed by atoms with Crippen molar-refractivity contribution >= 4 is 16.9 Å². The van der Waals surface area contributed by atoms with Crippen LogP contribution in [0.3, 0.4) is 0 Å². The molecule has 4 heterocycles. The number of ether oxygens (including phenoxy) is 1. The molecule has 23 heavy (non-hydrogen) atoms. The van der Waals surface area contributed by atoms with E-state index in [2.05, 4.69) is 16.4 Å². The molecule has 5 aliphatic rings. The van der Waals surface area contributed by atoms with Crippen LogP contribution in [0.15, 0.2) is 42.3 Å². The Balaban J connectivity index is 1.44. The number of aromatic nitrogens is 1. The predicted octanol–water partition coefficient (Wildman–Crippen LogP) is 3.37. The Morgan fingerprint density at radius 2 is 2.09 bits per heavy atom. The molecule has 4 heteroatoms. The first-order valence-electron chi connectivity index (χ1n) is 8.54. The standard InChI is InChI=1S/C19H20N2O2/c22-19(15-10-20-16-4-2-1-3-14(15)16)23-17-9-11-7-12-5-6-13(8-11)21-18(12)17/h1-4,9-13,18,20-21H,5-8H2/t11?,12?,13-,18+/m0/s1. The minimum atomic E-state index is -0.251. The van der Waals surface area contributed by atoms with Gasteiger partial charge in [0.15, 0.2) is 0 Å². The largest absolute Gasteiger partial charge is 0.426 e. The summed E-state index contributed by atoms with van der Waals surface area (Å²) in [6.45, 7) is 0. The first-order valence-corrected chi connectivity index (χ1v) is 8.54. The van der Waals surface area contributed by atoms with Crippen LogP contribution in [0.5, 0.6) is 0 Å². The zero-order chi connectivity index (χ0) is 15.4. The summed E-state index contributed by atoms with van der Waals surface area (Å²) in [6.07, 6.45) is 8.88. The number of hydrogen-bond acceptors (Lipinski definition) is 3. The SMILES string of the molecule is O=C(OC1=CC2CC3CC[C@@H](C2)N[C@@H]13)c1c[nH]c2ccccc12. The van der Waals surface area contributed by atoms with Gasteiger partial charge < -0.3 is 15.0 Å².